The zero-order valence-corrected chi connectivity index (χ0v) is 13.1. The quantitative estimate of drug-likeness (QED) is 0.572. The molecule has 0 radical (unpaired) electrons. The molecule has 0 atom stereocenters. The predicted molar refractivity (Wildman–Crippen MR) is 92.0 cm³/mol. The molecule has 0 amide bonds. The molecular weight excluding hydrogens is 282 g/mol. The summed E-state index contributed by atoms with van der Waals surface area (Å²) in [6.07, 6.45) is 0. The van der Waals surface area contributed by atoms with Crippen molar-refractivity contribution in [2.24, 2.45) is 0 Å². The third-order valence-electron chi connectivity index (χ3n) is 3.34. The van der Waals surface area contributed by atoms with Gasteiger partial charge in [0.1, 0.15) is 0 Å². The normalized spacial score (nSPS) is 10.4. The minimum Gasteiger partial charge on any atom is -0.371 e. The predicted octanol–water partition coefficient (Wildman–Crippen LogP) is 3.87. The lowest BCUT2D eigenvalue weighted by Gasteiger charge is -2.22. The monoisotopic (exact) mass is 303 g/mol. The van der Waals surface area contributed by atoms with Gasteiger partial charge in [0, 0.05) is 36.9 Å². The summed E-state index contributed by atoms with van der Waals surface area (Å²) in [4.78, 5) is 2.27. The maximum atomic E-state index is 5.82. The Kier molecular flexibility index (Phi) is 6.38. The molecule has 0 heterocycles. The van der Waals surface area contributed by atoms with Crippen molar-refractivity contribution in [2.75, 3.05) is 29.3 Å². The van der Waals surface area contributed by atoms with Gasteiger partial charge >= 0.3 is 0 Å². The van der Waals surface area contributed by atoms with Crippen molar-refractivity contribution in [2.45, 2.75) is 13.5 Å². The Morgan fingerprint density at radius 1 is 1.00 bits per heavy atom. The molecule has 0 spiro atoms. The largest absolute Gasteiger partial charge is 0.371 e. The highest BCUT2D eigenvalue weighted by Crippen LogP contribution is 2.15. The van der Waals surface area contributed by atoms with Crippen molar-refractivity contribution in [1.82, 2.24) is 5.43 Å². The molecule has 21 heavy (non-hydrogen) atoms. The van der Waals surface area contributed by atoms with Gasteiger partial charge in [-0.25, -0.2) is 5.43 Å². The Morgan fingerprint density at radius 3 is 2.33 bits per heavy atom. The average molecular weight is 304 g/mol. The number of alkyl halides is 1. The van der Waals surface area contributed by atoms with Crippen LogP contribution in [0.4, 0.5) is 11.4 Å². The minimum atomic E-state index is 0.651. The molecule has 0 unspecified atom stereocenters. The lowest BCUT2D eigenvalue weighted by molar-refractivity contribution is 0.800. The van der Waals surface area contributed by atoms with E-state index in [2.05, 4.69) is 46.9 Å². The van der Waals surface area contributed by atoms with Crippen LogP contribution in [0.3, 0.4) is 0 Å². The number of hydrogen-bond donors (Lipinski definition) is 2. The fraction of sp³-hybridized carbons (Fsp3) is 0.294. The molecular formula is C17H22ClN3. The van der Waals surface area contributed by atoms with E-state index in [9.17, 15) is 0 Å². The molecule has 0 bridgehead atoms. The fourth-order valence-corrected chi connectivity index (χ4v) is 2.37. The molecule has 0 aliphatic heterocycles. The Hall–Kier alpha value is -1.71. The summed E-state index contributed by atoms with van der Waals surface area (Å²) in [5.74, 6) is 0.651. The van der Waals surface area contributed by atoms with E-state index in [1.807, 2.05) is 30.3 Å². The van der Waals surface area contributed by atoms with Crippen LogP contribution in [0.25, 0.3) is 0 Å². The lowest BCUT2D eigenvalue weighted by Crippen LogP contribution is -2.25. The molecule has 2 N–H and O–H groups in total. The van der Waals surface area contributed by atoms with E-state index in [0.717, 1.165) is 25.3 Å². The summed E-state index contributed by atoms with van der Waals surface area (Å²) in [5, 5.41) is 0. The number of rotatable bonds is 8. The molecule has 2 aromatic carbocycles. The Labute approximate surface area is 131 Å². The van der Waals surface area contributed by atoms with Crippen LogP contribution in [0.2, 0.25) is 0 Å². The van der Waals surface area contributed by atoms with Crippen molar-refractivity contribution in [3.63, 3.8) is 0 Å². The second-order valence-electron chi connectivity index (χ2n) is 4.78. The van der Waals surface area contributed by atoms with E-state index in [4.69, 9.17) is 11.6 Å². The zero-order chi connectivity index (χ0) is 14.9. The maximum Gasteiger partial charge on any atom is 0.0487 e. The summed E-state index contributed by atoms with van der Waals surface area (Å²) in [7, 11) is 0. The summed E-state index contributed by atoms with van der Waals surface area (Å²) < 4.78 is 0. The molecule has 0 fully saturated rings. The van der Waals surface area contributed by atoms with Gasteiger partial charge in [0.25, 0.3) is 0 Å². The van der Waals surface area contributed by atoms with Gasteiger partial charge in [0.2, 0.25) is 0 Å². The van der Waals surface area contributed by atoms with Crippen molar-refractivity contribution >= 4 is 23.0 Å². The van der Waals surface area contributed by atoms with Crippen LogP contribution in [0.15, 0.2) is 54.6 Å². The number of anilines is 2. The first-order valence-corrected chi connectivity index (χ1v) is 7.80. The number of benzene rings is 2. The highest BCUT2D eigenvalue weighted by Gasteiger charge is 2.03. The average Bonchev–Trinajstić information content (AvgIpc) is 2.54. The van der Waals surface area contributed by atoms with Gasteiger partial charge in [-0.3, -0.25) is 0 Å². The molecule has 2 aromatic rings. The van der Waals surface area contributed by atoms with Crippen LogP contribution in [0.5, 0.6) is 0 Å². The van der Waals surface area contributed by atoms with Crippen LogP contribution in [-0.2, 0) is 6.54 Å². The zero-order valence-electron chi connectivity index (χ0n) is 12.3. The van der Waals surface area contributed by atoms with E-state index >= 15 is 0 Å². The van der Waals surface area contributed by atoms with Gasteiger partial charge in [-0.2, -0.15) is 0 Å². The van der Waals surface area contributed by atoms with Gasteiger partial charge in [-0.15, -0.1) is 11.6 Å². The first-order chi connectivity index (χ1) is 10.3. The molecule has 0 aliphatic carbocycles. The van der Waals surface area contributed by atoms with Gasteiger partial charge < -0.3 is 10.3 Å². The highest BCUT2D eigenvalue weighted by molar-refractivity contribution is 6.18. The Bertz CT molecular complexity index is 513. The molecule has 112 valence electrons. The minimum absolute atomic E-state index is 0.651. The molecule has 3 nitrogen and oxygen atoms in total. The molecule has 0 saturated carbocycles. The fourth-order valence-electron chi connectivity index (χ4n) is 2.17. The molecule has 0 aromatic heterocycles. The van der Waals surface area contributed by atoms with E-state index < -0.39 is 0 Å². The number of nitrogens with one attached hydrogen (secondary N) is 2. The van der Waals surface area contributed by atoms with Crippen LogP contribution in [0.1, 0.15) is 12.5 Å². The van der Waals surface area contributed by atoms with E-state index in [-0.39, 0.29) is 0 Å². The van der Waals surface area contributed by atoms with Crippen LogP contribution >= 0.6 is 11.6 Å². The Balaban J connectivity index is 1.84. The van der Waals surface area contributed by atoms with E-state index in [1.54, 1.807) is 0 Å². The van der Waals surface area contributed by atoms with Crippen molar-refractivity contribution in [1.29, 1.82) is 0 Å². The Morgan fingerprint density at radius 2 is 1.71 bits per heavy atom. The van der Waals surface area contributed by atoms with Gasteiger partial charge in [-0.1, -0.05) is 30.3 Å². The topological polar surface area (TPSA) is 27.3 Å². The van der Waals surface area contributed by atoms with Crippen molar-refractivity contribution in [3.8, 4) is 0 Å². The number of nitrogens with zero attached hydrogens (tertiary/aromatic N) is 1. The summed E-state index contributed by atoms with van der Waals surface area (Å²) in [5.41, 5.74) is 9.93. The number of para-hydroxylation sites is 1. The molecule has 0 saturated heterocycles. The highest BCUT2D eigenvalue weighted by atomic mass is 35.5. The van der Waals surface area contributed by atoms with Crippen LogP contribution in [-0.4, -0.2) is 19.0 Å². The second kappa shape index (κ2) is 8.55. The van der Waals surface area contributed by atoms with Crippen molar-refractivity contribution in [3.05, 3.63) is 60.2 Å². The van der Waals surface area contributed by atoms with Gasteiger partial charge in [-0.05, 0) is 36.8 Å². The summed E-state index contributed by atoms with van der Waals surface area (Å²) in [6, 6.07) is 18.7. The van der Waals surface area contributed by atoms with Gasteiger partial charge in [0.15, 0.2) is 0 Å². The molecule has 4 heteroatoms. The maximum absolute atomic E-state index is 5.82. The SMILES string of the molecule is CCN(CCCl)c1ccc(CNNc2ccccc2)cc1. The number of hydrogen-bond acceptors (Lipinski definition) is 3. The standard InChI is InChI=1S/C17H22ClN3/c1-2-21(13-12-18)17-10-8-15(9-11-17)14-19-20-16-6-4-3-5-7-16/h3-11,19-20H,2,12-14H2,1H3. The third kappa shape index (κ3) is 4.96. The smallest absolute Gasteiger partial charge is 0.0487 e. The van der Waals surface area contributed by atoms with E-state index in [1.165, 1.54) is 11.3 Å². The first-order valence-electron chi connectivity index (χ1n) is 7.27. The van der Waals surface area contributed by atoms with E-state index in [0.29, 0.717) is 5.88 Å². The van der Waals surface area contributed by atoms with Crippen molar-refractivity contribution < 1.29 is 0 Å². The second-order valence-corrected chi connectivity index (χ2v) is 5.16. The summed E-state index contributed by atoms with van der Waals surface area (Å²) in [6.45, 7) is 4.77. The number of halogens is 1. The first kappa shape index (κ1) is 15.7. The molecule has 0 aliphatic rings. The number of hydrazine groups is 1. The van der Waals surface area contributed by atoms with Crippen LogP contribution in [0, 0.1) is 0 Å². The summed E-state index contributed by atoms with van der Waals surface area (Å²) >= 11 is 5.82. The molecule has 2 rings (SSSR count). The third-order valence-corrected chi connectivity index (χ3v) is 3.51. The lowest BCUT2D eigenvalue weighted by atomic mass is 10.2. The van der Waals surface area contributed by atoms with Gasteiger partial charge in [0.05, 0.1) is 0 Å². The van der Waals surface area contributed by atoms with Crippen LogP contribution < -0.4 is 15.8 Å².